The molecule has 0 saturated heterocycles. The van der Waals surface area contributed by atoms with E-state index >= 15 is 0 Å². The predicted octanol–water partition coefficient (Wildman–Crippen LogP) is 3.76. The first-order chi connectivity index (χ1) is 10.3. The van der Waals surface area contributed by atoms with Crippen LogP contribution < -0.4 is 10.5 Å². The average Bonchev–Trinajstić information content (AvgIpc) is 2.54. The Bertz CT molecular complexity index is 404. The Morgan fingerprint density at radius 2 is 1.95 bits per heavy atom. The molecule has 2 N–H and O–H groups in total. The van der Waals surface area contributed by atoms with E-state index in [1.165, 1.54) is 37.7 Å². The van der Waals surface area contributed by atoms with Crippen molar-refractivity contribution in [1.82, 2.24) is 0 Å². The molecule has 21 heavy (non-hydrogen) atoms. The van der Waals surface area contributed by atoms with Crippen molar-refractivity contribution in [1.29, 1.82) is 0 Å². The van der Waals surface area contributed by atoms with Crippen molar-refractivity contribution < 1.29 is 9.47 Å². The van der Waals surface area contributed by atoms with Gasteiger partial charge in [0.2, 0.25) is 0 Å². The van der Waals surface area contributed by atoms with Gasteiger partial charge in [0.1, 0.15) is 5.75 Å². The Morgan fingerprint density at radius 3 is 2.57 bits per heavy atom. The minimum atomic E-state index is 0.322. The fourth-order valence-corrected chi connectivity index (χ4v) is 3.34. The van der Waals surface area contributed by atoms with E-state index in [9.17, 15) is 0 Å². The maximum Gasteiger partial charge on any atom is 0.118 e. The Balaban J connectivity index is 1.88. The van der Waals surface area contributed by atoms with Gasteiger partial charge in [-0.1, -0.05) is 31.9 Å². The highest BCUT2D eigenvalue weighted by Crippen LogP contribution is 2.33. The lowest BCUT2D eigenvalue weighted by molar-refractivity contribution is -0.0340. The lowest BCUT2D eigenvalue weighted by Crippen LogP contribution is -2.36. The SMILES string of the molecule is CCCC1CCC(CN)C(OCc2ccc(OC)cc2)C1. The molecule has 3 heteroatoms. The van der Waals surface area contributed by atoms with Crippen molar-refractivity contribution in [3.63, 3.8) is 0 Å². The molecule has 1 fully saturated rings. The molecule has 1 aliphatic carbocycles. The first kappa shape index (κ1) is 16.3. The van der Waals surface area contributed by atoms with Crippen molar-refractivity contribution in [2.45, 2.75) is 51.7 Å². The summed E-state index contributed by atoms with van der Waals surface area (Å²) in [6.07, 6.45) is 6.61. The molecule has 0 aliphatic heterocycles. The maximum absolute atomic E-state index is 6.20. The Hall–Kier alpha value is -1.06. The fraction of sp³-hybridized carbons (Fsp3) is 0.667. The Morgan fingerprint density at radius 1 is 1.19 bits per heavy atom. The number of benzene rings is 1. The van der Waals surface area contributed by atoms with Gasteiger partial charge in [-0.3, -0.25) is 0 Å². The summed E-state index contributed by atoms with van der Waals surface area (Å²) in [5, 5.41) is 0. The van der Waals surface area contributed by atoms with E-state index in [4.69, 9.17) is 15.2 Å². The zero-order valence-electron chi connectivity index (χ0n) is 13.4. The fourth-order valence-electron chi connectivity index (χ4n) is 3.34. The van der Waals surface area contributed by atoms with Gasteiger partial charge in [-0.25, -0.2) is 0 Å². The third-order valence-electron chi connectivity index (χ3n) is 4.66. The molecule has 1 aromatic rings. The zero-order chi connectivity index (χ0) is 15.1. The molecule has 118 valence electrons. The highest BCUT2D eigenvalue weighted by molar-refractivity contribution is 5.26. The van der Waals surface area contributed by atoms with E-state index in [1.54, 1.807) is 7.11 Å². The van der Waals surface area contributed by atoms with E-state index in [-0.39, 0.29) is 0 Å². The largest absolute Gasteiger partial charge is 0.497 e. The van der Waals surface area contributed by atoms with Gasteiger partial charge in [-0.05, 0) is 55.3 Å². The van der Waals surface area contributed by atoms with Crippen LogP contribution >= 0.6 is 0 Å². The van der Waals surface area contributed by atoms with Crippen LogP contribution in [0.3, 0.4) is 0 Å². The van der Waals surface area contributed by atoms with Gasteiger partial charge in [0.05, 0.1) is 19.8 Å². The van der Waals surface area contributed by atoms with Crippen LogP contribution in [0.15, 0.2) is 24.3 Å². The van der Waals surface area contributed by atoms with Gasteiger partial charge < -0.3 is 15.2 Å². The van der Waals surface area contributed by atoms with Gasteiger partial charge in [-0.15, -0.1) is 0 Å². The topological polar surface area (TPSA) is 44.5 Å². The molecular formula is C18H29NO2. The number of hydrogen-bond acceptors (Lipinski definition) is 3. The average molecular weight is 291 g/mol. The van der Waals surface area contributed by atoms with Gasteiger partial charge in [-0.2, -0.15) is 0 Å². The summed E-state index contributed by atoms with van der Waals surface area (Å²) in [6.45, 7) is 3.68. The minimum absolute atomic E-state index is 0.322. The van der Waals surface area contributed by atoms with Crippen LogP contribution in [0.1, 0.15) is 44.6 Å². The van der Waals surface area contributed by atoms with Crippen molar-refractivity contribution in [2.75, 3.05) is 13.7 Å². The molecule has 0 heterocycles. The van der Waals surface area contributed by atoms with Crippen LogP contribution in [0.4, 0.5) is 0 Å². The first-order valence-corrected chi connectivity index (χ1v) is 8.21. The second kappa shape index (κ2) is 8.40. The number of nitrogens with two attached hydrogens (primary N) is 1. The molecule has 1 aromatic carbocycles. The molecule has 0 aromatic heterocycles. The second-order valence-electron chi connectivity index (χ2n) is 6.16. The van der Waals surface area contributed by atoms with Gasteiger partial charge in [0.25, 0.3) is 0 Å². The van der Waals surface area contributed by atoms with Crippen LogP contribution in [-0.4, -0.2) is 19.8 Å². The summed E-state index contributed by atoms with van der Waals surface area (Å²) in [7, 11) is 1.69. The Labute approximate surface area is 128 Å². The Kier molecular flexibility index (Phi) is 6.52. The molecule has 0 bridgehead atoms. The number of methoxy groups -OCH3 is 1. The van der Waals surface area contributed by atoms with Crippen molar-refractivity contribution >= 4 is 0 Å². The summed E-state index contributed by atoms with van der Waals surface area (Å²) < 4.78 is 11.4. The molecule has 3 unspecified atom stereocenters. The van der Waals surface area contributed by atoms with E-state index in [1.807, 2.05) is 12.1 Å². The van der Waals surface area contributed by atoms with Gasteiger partial charge in [0.15, 0.2) is 0 Å². The monoisotopic (exact) mass is 291 g/mol. The van der Waals surface area contributed by atoms with E-state index in [0.29, 0.717) is 18.6 Å². The molecule has 2 rings (SSSR count). The number of rotatable bonds is 7. The molecule has 1 aliphatic rings. The van der Waals surface area contributed by atoms with E-state index in [2.05, 4.69) is 19.1 Å². The number of hydrogen-bond donors (Lipinski definition) is 1. The molecule has 3 atom stereocenters. The molecule has 0 amide bonds. The number of ether oxygens (including phenoxy) is 2. The lowest BCUT2D eigenvalue weighted by Gasteiger charge is -2.35. The molecule has 1 saturated carbocycles. The summed E-state index contributed by atoms with van der Waals surface area (Å²) in [5.74, 6) is 2.23. The third-order valence-corrected chi connectivity index (χ3v) is 4.66. The van der Waals surface area contributed by atoms with Crippen LogP contribution in [0, 0.1) is 11.8 Å². The predicted molar refractivity (Wildman–Crippen MR) is 86.4 cm³/mol. The van der Waals surface area contributed by atoms with E-state index in [0.717, 1.165) is 18.2 Å². The van der Waals surface area contributed by atoms with Crippen LogP contribution in [-0.2, 0) is 11.3 Å². The van der Waals surface area contributed by atoms with Crippen molar-refractivity contribution in [2.24, 2.45) is 17.6 Å². The lowest BCUT2D eigenvalue weighted by atomic mass is 9.78. The van der Waals surface area contributed by atoms with Gasteiger partial charge >= 0.3 is 0 Å². The second-order valence-corrected chi connectivity index (χ2v) is 6.16. The maximum atomic E-state index is 6.20. The normalized spacial score (nSPS) is 25.8. The van der Waals surface area contributed by atoms with Crippen molar-refractivity contribution in [3.05, 3.63) is 29.8 Å². The van der Waals surface area contributed by atoms with Crippen LogP contribution in [0.2, 0.25) is 0 Å². The smallest absolute Gasteiger partial charge is 0.118 e. The first-order valence-electron chi connectivity index (χ1n) is 8.21. The van der Waals surface area contributed by atoms with Crippen LogP contribution in [0.25, 0.3) is 0 Å². The quantitative estimate of drug-likeness (QED) is 0.832. The minimum Gasteiger partial charge on any atom is -0.497 e. The third kappa shape index (κ3) is 4.72. The zero-order valence-corrected chi connectivity index (χ0v) is 13.4. The summed E-state index contributed by atoms with van der Waals surface area (Å²) in [4.78, 5) is 0. The summed E-state index contributed by atoms with van der Waals surface area (Å²) in [6, 6.07) is 8.12. The molecule has 3 nitrogen and oxygen atoms in total. The summed E-state index contributed by atoms with van der Waals surface area (Å²) in [5.41, 5.74) is 7.12. The molecular weight excluding hydrogens is 262 g/mol. The highest BCUT2D eigenvalue weighted by Gasteiger charge is 2.29. The van der Waals surface area contributed by atoms with Crippen molar-refractivity contribution in [3.8, 4) is 5.75 Å². The van der Waals surface area contributed by atoms with E-state index < -0.39 is 0 Å². The van der Waals surface area contributed by atoms with Crippen LogP contribution in [0.5, 0.6) is 5.75 Å². The molecule has 0 spiro atoms. The molecule has 0 radical (unpaired) electrons. The van der Waals surface area contributed by atoms with Gasteiger partial charge in [0, 0.05) is 0 Å². The summed E-state index contributed by atoms with van der Waals surface area (Å²) >= 11 is 0. The standard InChI is InChI=1S/C18H29NO2/c1-3-4-14-5-8-16(12-19)18(11-14)21-13-15-6-9-17(20-2)10-7-15/h6-7,9-10,14,16,18H,3-5,8,11-13,19H2,1-2H3. The highest BCUT2D eigenvalue weighted by atomic mass is 16.5.